The van der Waals surface area contributed by atoms with Gasteiger partial charge in [-0.05, 0) is 26.8 Å². The highest BCUT2D eigenvalue weighted by Gasteiger charge is 2.27. The van der Waals surface area contributed by atoms with Crippen molar-refractivity contribution in [3.8, 4) is 0 Å². The smallest absolute Gasteiger partial charge is 0.326 e. The van der Waals surface area contributed by atoms with Crippen LogP contribution in [-0.4, -0.2) is 33.0 Å². The van der Waals surface area contributed by atoms with Crippen LogP contribution in [0.3, 0.4) is 0 Å². The fraction of sp³-hybridized carbons (Fsp3) is 0.312. The molecule has 0 aliphatic heterocycles. The number of hydrogen-bond donors (Lipinski definition) is 0. The van der Waals surface area contributed by atoms with Gasteiger partial charge in [0, 0.05) is 18.5 Å². The number of aromatic nitrogens is 2. The normalized spacial score (nSPS) is 11.0. The molecule has 132 valence electrons. The van der Waals surface area contributed by atoms with Gasteiger partial charge in [0.25, 0.3) is 5.69 Å². The topological polar surface area (TPSA) is 98.5 Å². The molecule has 0 spiro atoms. The molecule has 0 unspecified atom stereocenters. The summed E-state index contributed by atoms with van der Waals surface area (Å²) in [5.41, 5.74) is -0.717. The Labute approximate surface area is 149 Å². The van der Waals surface area contributed by atoms with E-state index in [1.165, 1.54) is 35.5 Å². The maximum Gasteiger partial charge on any atom is 0.326 e. The second-order valence-corrected chi connectivity index (χ2v) is 6.45. The van der Waals surface area contributed by atoms with Crippen LogP contribution in [-0.2, 0) is 9.53 Å². The lowest BCUT2D eigenvalue weighted by molar-refractivity contribution is -0.384. The van der Waals surface area contributed by atoms with Gasteiger partial charge >= 0.3 is 5.97 Å². The summed E-state index contributed by atoms with van der Waals surface area (Å²) in [5, 5.41) is 11.4. The first-order valence-corrected chi connectivity index (χ1v) is 7.76. The molecule has 0 amide bonds. The predicted octanol–water partition coefficient (Wildman–Crippen LogP) is 3.52. The van der Waals surface area contributed by atoms with E-state index in [4.69, 9.17) is 16.3 Å². The third-order valence-corrected chi connectivity index (χ3v) is 3.23. The lowest BCUT2D eigenvalue weighted by Gasteiger charge is -2.25. The van der Waals surface area contributed by atoms with Crippen LogP contribution < -0.4 is 4.90 Å². The molecule has 0 saturated carbocycles. The van der Waals surface area contributed by atoms with Crippen molar-refractivity contribution in [2.75, 3.05) is 11.4 Å². The zero-order valence-electron chi connectivity index (χ0n) is 14.0. The molecule has 0 N–H and O–H groups in total. The van der Waals surface area contributed by atoms with Crippen LogP contribution in [0.5, 0.6) is 0 Å². The molecule has 1 aromatic heterocycles. The number of nitrogens with zero attached hydrogens (tertiary/aromatic N) is 4. The molecule has 2 rings (SSSR count). The van der Waals surface area contributed by atoms with E-state index in [0.717, 1.165) is 0 Å². The number of rotatable bonds is 5. The first-order chi connectivity index (χ1) is 11.7. The van der Waals surface area contributed by atoms with Crippen LogP contribution in [0.4, 0.5) is 17.2 Å². The maximum atomic E-state index is 12.3. The SMILES string of the molecule is CC(C)(C)OC(=O)CN(c1ccccc1[N+](=O)[O-])c1nccnc1Cl. The molecule has 25 heavy (non-hydrogen) atoms. The van der Waals surface area contributed by atoms with Gasteiger partial charge in [-0.1, -0.05) is 23.7 Å². The summed E-state index contributed by atoms with van der Waals surface area (Å²) in [6, 6.07) is 6.00. The number of hydrogen-bond acceptors (Lipinski definition) is 7. The largest absolute Gasteiger partial charge is 0.459 e. The lowest BCUT2D eigenvalue weighted by atomic mass is 10.2. The van der Waals surface area contributed by atoms with E-state index in [-0.39, 0.29) is 28.9 Å². The monoisotopic (exact) mass is 364 g/mol. The van der Waals surface area contributed by atoms with E-state index < -0.39 is 16.5 Å². The van der Waals surface area contributed by atoms with Gasteiger partial charge in [0.1, 0.15) is 17.8 Å². The molecule has 0 radical (unpaired) electrons. The van der Waals surface area contributed by atoms with Gasteiger partial charge in [-0.15, -0.1) is 0 Å². The minimum Gasteiger partial charge on any atom is -0.459 e. The van der Waals surface area contributed by atoms with Gasteiger partial charge in [0.15, 0.2) is 11.0 Å². The molecule has 0 fully saturated rings. The van der Waals surface area contributed by atoms with E-state index in [1.807, 2.05) is 0 Å². The van der Waals surface area contributed by atoms with Crippen molar-refractivity contribution in [2.45, 2.75) is 26.4 Å². The first-order valence-electron chi connectivity index (χ1n) is 7.38. The van der Waals surface area contributed by atoms with Gasteiger partial charge in [-0.2, -0.15) is 0 Å². The molecule has 2 aromatic rings. The number of carbonyl (C=O) groups excluding carboxylic acids is 1. The quantitative estimate of drug-likeness (QED) is 0.454. The second kappa shape index (κ2) is 7.43. The molecular weight excluding hydrogens is 348 g/mol. The minimum absolute atomic E-state index is 0.0178. The number of carbonyl (C=O) groups is 1. The number of anilines is 2. The fourth-order valence-electron chi connectivity index (χ4n) is 2.12. The Hall–Kier alpha value is -2.74. The average molecular weight is 365 g/mol. The van der Waals surface area contributed by atoms with E-state index in [9.17, 15) is 14.9 Å². The number of ether oxygens (including phenoxy) is 1. The summed E-state index contributed by atoms with van der Waals surface area (Å²) in [4.78, 5) is 32.4. The summed E-state index contributed by atoms with van der Waals surface area (Å²) in [6.45, 7) is 4.89. The van der Waals surface area contributed by atoms with Crippen LogP contribution in [0.25, 0.3) is 0 Å². The molecule has 0 saturated heterocycles. The number of halogens is 1. The molecule has 1 heterocycles. The van der Waals surface area contributed by atoms with Crippen LogP contribution in [0.1, 0.15) is 20.8 Å². The second-order valence-electron chi connectivity index (χ2n) is 6.09. The fourth-order valence-corrected chi connectivity index (χ4v) is 2.33. The van der Waals surface area contributed by atoms with E-state index >= 15 is 0 Å². The van der Waals surface area contributed by atoms with E-state index in [1.54, 1.807) is 26.8 Å². The van der Waals surface area contributed by atoms with Crippen molar-refractivity contribution in [3.63, 3.8) is 0 Å². The molecule has 9 heteroatoms. The van der Waals surface area contributed by atoms with Crippen LogP contribution in [0.2, 0.25) is 5.15 Å². The van der Waals surface area contributed by atoms with Gasteiger partial charge in [-0.3, -0.25) is 14.9 Å². The van der Waals surface area contributed by atoms with Crippen molar-refractivity contribution in [2.24, 2.45) is 0 Å². The molecular formula is C16H17ClN4O4. The molecule has 0 aliphatic rings. The summed E-state index contributed by atoms with van der Waals surface area (Å²) in [7, 11) is 0. The maximum absolute atomic E-state index is 12.3. The average Bonchev–Trinajstić information content (AvgIpc) is 2.51. The first kappa shape index (κ1) is 18.6. The summed E-state index contributed by atoms with van der Waals surface area (Å²) in [5.74, 6) is -0.448. The van der Waals surface area contributed by atoms with Crippen molar-refractivity contribution in [1.82, 2.24) is 9.97 Å². The number of nitro groups is 1. The standard InChI is InChI=1S/C16H17ClN4O4/c1-16(2,3)25-13(22)10-20(15-14(17)18-8-9-19-15)11-6-4-5-7-12(11)21(23)24/h4-9H,10H2,1-3H3. The predicted molar refractivity (Wildman–Crippen MR) is 93.0 cm³/mol. The number of para-hydroxylation sites is 2. The third-order valence-electron chi connectivity index (χ3n) is 2.97. The number of nitro benzene ring substituents is 1. The Morgan fingerprint density at radius 2 is 1.92 bits per heavy atom. The Balaban J connectivity index is 2.49. The number of benzene rings is 1. The molecule has 0 bridgehead atoms. The Bertz CT molecular complexity index is 792. The Kier molecular flexibility index (Phi) is 5.53. The van der Waals surface area contributed by atoms with E-state index in [0.29, 0.717) is 0 Å². The van der Waals surface area contributed by atoms with E-state index in [2.05, 4.69) is 9.97 Å². The van der Waals surface area contributed by atoms with Crippen LogP contribution in [0, 0.1) is 10.1 Å². The summed E-state index contributed by atoms with van der Waals surface area (Å²) >= 11 is 6.08. The minimum atomic E-state index is -0.697. The zero-order chi connectivity index (χ0) is 18.6. The van der Waals surface area contributed by atoms with Crippen molar-refractivity contribution < 1.29 is 14.5 Å². The van der Waals surface area contributed by atoms with Gasteiger partial charge in [-0.25, -0.2) is 9.97 Å². The van der Waals surface area contributed by atoms with Crippen molar-refractivity contribution in [3.05, 3.63) is 51.9 Å². The third kappa shape index (κ3) is 4.87. The van der Waals surface area contributed by atoms with Crippen molar-refractivity contribution in [1.29, 1.82) is 0 Å². The number of esters is 1. The highest BCUT2D eigenvalue weighted by atomic mass is 35.5. The lowest BCUT2D eigenvalue weighted by Crippen LogP contribution is -2.33. The molecule has 0 aliphatic carbocycles. The summed E-state index contributed by atoms with van der Waals surface area (Å²) in [6.07, 6.45) is 2.77. The zero-order valence-corrected chi connectivity index (χ0v) is 14.7. The highest BCUT2D eigenvalue weighted by Crippen LogP contribution is 2.34. The van der Waals surface area contributed by atoms with Gasteiger partial charge < -0.3 is 9.64 Å². The van der Waals surface area contributed by atoms with Gasteiger partial charge in [0.05, 0.1) is 4.92 Å². The van der Waals surface area contributed by atoms with Crippen LogP contribution in [0.15, 0.2) is 36.7 Å². The Morgan fingerprint density at radius 3 is 2.52 bits per heavy atom. The molecule has 0 atom stereocenters. The summed E-state index contributed by atoms with van der Waals surface area (Å²) < 4.78 is 5.31. The van der Waals surface area contributed by atoms with Crippen LogP contribution >= 0.6 is 11.6 Å². The molecule has 1 aromatic carbocycles. The molecule has 8 nitrogen and oxygen atoms in total. The highest BCUT2D eigenvalue weighted by molar-refractivity contribution is 6.31. The van der Waals surface area contributed by atoms with Gasteiger partial charge in [0.2, 0.25) is 0 Å². The van der Waals surface area contributed by atoms with Crippen molar-refractivity contribution >= 4 is 34.8 Å². The Morgan fingerprint density at radius 1 is 1.28 bits per heavy atom.